The Balaban J connectivity index is 2.40. The minimum absolute atomic E-state index is 0.205. The van der Waals surface area contributed by atoms with Crippen molar-refractivity contribution < 1.29 is 17.2 Å². The zero-order valence-corrected chi connectivity index (χ0v) is 11.2. The molecule has 1 aromatic rings. The van der Waals surface area contributed by atoms with Gasteiger partial charge in [0.15, 0.2) is 0 Å². The maximum Gasteiger partial charge on any atom is 0.243 e. The third-order valence-corrected chi connectivity index (χ3v) is 5.22. The molecule has 0 saturated carbocycles. The van der Waals surface area contributed by atoms with Crippen LogP contribution in [-0.2, 0) is 10.0 Å². The largest absolute Gasteiger partial charge is 0.329 e. The van der Waals surface area contributed by atoms with Crippen LogP contribution in [0.4, 0.5) is 8.78 Å². The second-order valence-electron chi connectivity index (χ2n) is 4.61. The fourth-order valence-corrected chi connectivity index (χ4v) is 4.09. The lowest BCUT2D eigenvalue weighted by Gasteiger charge is -2.33. The first-order valence-corrected chi connectivity index (χ1v) is 7.57. The number of halogens is 2. The summed E-state index contributed by atoms with van der Waals surface area (Å²) in [6.45, 7) is 0.541. The van der Waals surface area contributed by atoms with Crippen molar-refractivity contribution in [2.75, 3.05) is 13.1 Å². The van der Waals surface area contributed by atoms with Gasteiger partial charge in [0.1, 0.15) is 11.6 Å². The quantitative estimate of drug-likeness (QED) is 0.917. The Bertz CT molecular complexity index is 543. The van der Waals surface area contributed by atoms with Crippen LogP contribution in [0.15, 0.2) is 23.1 Å². The van der Waals surface area contributed by atoms with Gasteiger partial charge in [-0.25, -0.2) is 17.2 Å². The molecule has 1 saturated heterocycles. The van der Waals surface area contributed by atoms with Crippen LogP contribution in [0.2, 0.25) is 0 Å². The van der Waals surface area contributed by atoms with Crippen molar-refractivity contribution in [3.63, 3.8) is 0 Å². The summed E-state index contributed by atoms with van der Waals surface area (Å²) in [5, 5.41) is 0. The van der Waals surface area contributed by atoms with Gasteiger partial charge < -0.3 is 5.73 Å². The predicted octanol–water partition coefficient (Wildman–Crippen LogP) is 1.47. The number of nitrogens with two attached hydrogens (primary N) is 1. The molecule has 0 aromatic heterocycles. The zero-order chi connectivity index (χ0) is 14.0. The van der Waals surface area contributed by atoms with E-state index in [-0.39, 0.29) is 17.5 Å². The van der Waals surface area contributed by atoms with Gasteiger partial charge in [0, 0.05) is 25.2 Å². The molecule has 1 heterocycles. The first kappa shape index (κ1) is 14.4. The molecule has 1 atom stereocenters. The topological polar surface area (TPSA) is 63.4 Å². The van der Waals surface area contributed by atoms with Crippen LogP contribution >= 0.6 is 0 Å². The van der Waals surface area contributed by atoms with E-state index in [4.69, 9.17) is 5.73 Å². The molecular weight excluding hydrogens is 274 g/mol. The van der Waals surface area contributed by atoms with Gasteiger partial charge in [-0.1, -0.05) is 6.42 Å². The van der Waals surface area contributed by atoms with Gasteiger partial charge in [-0.2, -0.15) is 4.31 Å². The highest BCUT2D eigenvalue weighted by molar-refractivity contribution is 7.89. The predicted molar refractivity (Wildman–Crippen MR) is 66.9 cm³/mol. The Hall–Kier alpha value is -1.05. The normalized spacial score (nSPS) is 21.5. The Morgan fingerprint density at radius 1 is 1.21 bits per heavy atom. The molecule has 4 nitrogen and oxygen atoms in total. The van der Waals surface area contributed by atoms with Gasteiger partial charge in [0.25, 0.3) is 0 Å². The lowest BCUT2D eigenvalue weighted by atomic mass is 10.1. The Labute approximate surface area is 111 Å². The van der Waals surface area contributed by atoms with E-state index in [2.05, 4.69) is 0 Å². The minimum Gasteiger partial charge on any atom is -0.329 e. The minimum atomic E-state index is -3.89. The fraction of sp³-hybridized carbons (Fsp3) is 0.500. The summed E-state index contributed by atoms with van der Waals surface area (Å²) < 4.78 is 52.4. The molecule has 2 rings (SSSR count). The summed E-state index contributed by atoms with van der Waals surface area (Å²) in [5.74, 6) is -1.81. The highest BCUT2D eigenvalue weighted by Gasteiger charge is 2.33. The van der Waals surface area contributed by atoms with E-state index in [0.29, 0.717) is 19.0 Å². The van der Waals surface area contributed by atoms with Gasteiger partial charge in [-0.3, -0.25) is 0 Å². The zero-order valence-electron chi connectivity index (χ0n) is 10.4. The molecule has 0 bridgehead atoms. The Kier molecular flexibility index (Phi) is 4.17. The third-order valence-electron chi connectivity index (χ3n) is 3.29. The molecule has 7 heteroatoms. The van der Waals surface area contributed by atoms with E-state index in [1.54, 1.807) is 0 Å². The number of nitrogens with zero attached hydrogens (tertiary/aromatic N) is 1. The molecule has 2 N–H and O–H groups in total. The third kappa shape index (κ3) is 2.93. The second kappa shape index (κ2) is 5.52. The lowest BCUT2D eigenvalue weighted by molar-refractivity contribution is 0.257. The monoisotopic (exact) mass is 290 g/mol. The van der Waals surface area contributed by atoms with Crippen molar-refractivity contribution in [3.05, 3.63) is 29.8 Å². The number of benzene rings is 1. The number of piperidine rings is 1. The standard InChI is InChI=1S/C12H16F2N2O2S/c13-9-5-10(14)7-12(6-9)19(17,18)16-4-2-1-3-11(16)8-15/h5-7,11H,1-4,8,15H2/t11-/m0/s1. The number of hydrogen-bond donors (Lipinski definition) is 1. The summed E-state index contributed by atoms with van der Waals surface area (Å²) in [6, 6.07) is 2.02. The second-order valence-corrected chi connectivity index (χ2v) is 6.50. The van der Waals surface area contributed by atoms with Gasteiger partial charge in [-0.05, 0) is 25.0 Å². The molecule has 0 amide bonds. The van der Waals surface area contributed by atoms with Gasteiger partial charge >= 0.3 is 0 Å². The highest BCUT2D eigenvalue weighted by Crippen LogP contribution is 2.25. The van der Waals surface area contributed by atoms with Crippen LogP contribution < -0.4 is 5.73 Å². The smallest absolute Gasteiger partial charge is 0.243 e. The molecule has 0 radical (unpaired) electrons. The average molecular weight is 290 g/mol. The molecule has 0 aliphatic carbocycles. The van der Waals surface area contributed by atoms with Crippen LogP contribution in [0.3, 0.4) is 0 Å². The van der Waals surface area contributed by atoms with E-state index >= 15 is 0 Å². The molecule has 1 aliphatic heterocycles. The van der Waals surface area contributed by atoms with Crippen molar-refractivity contribution in [1.82, 2.24) is 4.31 Å². The van der Waals surface area contributed by atoms with Crippen LogP contribution in [0.1, 0.15) is 19.3 Å². The van der Waals surface area contributed by atoms with Crippen molar-refractivity contribution in [3.8, 4) is 0 Å². The SMILES string of the molecule is NC[C@@H]1CCCCN1S(=O)(=O)c1cc(F)cc(F)c1. The number of hydrogen-bond acceptors (Lipinski definition) is 3. The maximum absolute atomic E-state index is 13.2. The molecule has 1 aromatic carbocycles. The molecule has 19 heavy (non-hydrogen) atoms. The summed E-state index contributed by atoms with van der Waals surface area (Å²) in [7, 11) is -3.89. The van der Waals surface area contributed by atoms with Crippen molar-refractivity contribution in [2.24, 2.45) is 5.73 Å². The number of rotatable bonds is 3. The van der Waals surface area contributed by atoms with E-state index < -0.39 is 21.7 Å². The van der Waals surface area contributed by atoms with Crippen molar-refractivity contribution in [2.45, 2.75) is 30.2 Å². The van der Waals surface area contributed by atoms with E-state index in [1.165, 1.54) is 4.31 Å². The van der Waals surface area contributed by atoms with Crippen molar-refractivity contribution >= 4 is 10.0 Å². The highest BCUT2D eigenvalue weighted by atomic mass is 32.2. The van der Waals surface area contributed by atoms with E-state index in [9.17, 15) is 17.2 Å². The molecular formula is C12H16F2N2O2S. The van der Waals surface area contributed by atoms with Gasteiger partial charge in [-0.15, -0.1) is 0 Å². The van der Waals surface area contributed by atoms with Crippen LogP contribution in [-0.4, -0.2) is 31.9 Å². The van der Waals surface area contributed by atoms with Gasteiger partial charge in [0.05, 0.1) is 4.90 Å². The summed E-state index contributed by atoms with van der Waals surface area (Å²) >= 11 is 0. The summed E-state index contributed by atoms with van der Waals surface area (Å²) in [4.78, 5) is -0.356. The summed E-state index contributed by atoms with van der Waals surface area (Å²) in [5.41, 5.74) is 5.57. The first-order valence-electron chi connectivity index (χ1n) is 6.13. The van der Waals surface area contributed by atoms with E-state index in [1.807, 2.05) is 0 Å². The van der Waals surface area contributed by atoms with E-state index in [0.717, 1.165) is 25.0 Å². The lowest BCUT2D eigenvalue weighted by Crippen LogP contribution is -2.47. The fourth-order valence-electron chi connectivity index (χ4n) is 2.34. The Morgan fingerprint density at radius 2 is 1.84 bits per heavy atom. The molecule has 106 valence electrons. The van der Waals surface area contributed by atoms with Gasteiger partial charge in [0.2, 0.25) is 10.0 Å². The molecule has 1 fully saturated rings. The average Bonchev–Trinajstić information content (AvgIpc) is 2.37. The summed E-state index contributed by atoms with van der Waals surface area (Å²) in [6.07, 6.45) is 2.31. The maximum atomic E-state index is 13.2. The van der Waals surface area contributed by atoms with Crippen LogP contribution in [0, 0.1) is 11.6 Å². The van der Waals surface area contributed by atoms with Crippen molar-refractivity contribution in [1.29, 1.82) is 0 Å². The molecule has 0 unspecified atom stereocenters. The Morgan fingerprint density at radius 3 is 2.42 bits per heavy atom. The van der Waals surface area contributed by atoms with Crippen LogP contribution in [0.5, 0.6) is 0 Å². The molecule has 0 spiro atoms. The van der Waals surface area contributed by atoms with Crippen LogP contribution in [0.25, 0.3) is 0 Å². The first-order chi connectivity index (χ1) is 8.95. The molecule has 1 aliphatic rings. The number of sulfonamides is 1.